The average Bonchev–Trinajstić information content (AvgIpc) is 2.71. The fourth-order valence-corrected chi connectivity index (χ4v) is 2.24. The van der Waals surface area contributed by atoms with Crippen LogP contribution in [0.4, 0.5) is 0 Å². The normalized spacial score (nSPS) is 10.8. The van der Waals surface area contributed by atoms with Gasteiger partial charge in [-0.1, -0.05) is 6.07 Å². The van der Waals surface area contributed by atoms with E-state index in [0.717, 1.165) is 9.58 Å². The van der Waals surface area contributed by atoms with Crippen LogP contribution in [0.1, 0.15) is 5.56 Å². The Labute approximate surface area is 107 Å². The first kappa shape index (κ1) is 12.8. The number of hydrogen-bond acceptors (Lipinski definition) is 6. The highest BCUT2D eigenvalue weighted by Gasteiger charge is 2.14. The van der Waals surface area contributed by atoms with Crippen LogP contribution in [0.2, 0.25) is 0 Å². The molecule has 0 spiro atoms. The van der Waals surface area contributed by atoms with Crippen molar-refractivity contribution in [3.63, 3.8) is 0 Å². The third kappa shape index (κ3) is 2.17. The maximum absolute atomic E-state index is 11.8. The molecule has 0 saturated carbocycles. The maximum atomic E-state index is 11.8. The lowest BCUT2D eigenvalue weighted by molar-refractivity contribution is -0.253. The maximum Gasteiger partial charge on any atom is 0.368 e. The predicted molar refractivity (Wildman–Crippen MR) is 65.8 cm³/mol. The van der Waals surface area contributed by atoms with Gasteiger partial charge in [0.2, 0.25) is 0 Å². The molecule has 0 saturated heterocycles. The van der Waals surface area contributed by atoms with Crippen molar-refractivity contribution in [2.24, 2.45) is 7.05 Å². The van der Waals surface area contributed by atoms with Gasteiger partial charge in [-0.15, -0.1) is 11.8 Å². The fraction of sp³-hybridized carbons (Fsp3) is 0.300. The summed E-state index contributed by atoms with van der Waals surface area (Å²) in [5.74, 6) is 0. The number of tetrazole rings is 1. The summed E-state index contributed by atoms with van der Waals surface area (Å²) >= 11 is 1.50. The van der Waals surface area contributed by atoms with Gasteiger partial charge in [0, 0.05) is 17.5 Å². The van der Waals surface area contributed by atoms with E-state index in [-0.39, 0.29) is 12.3 Å². The highest BCUT2D eigenvalue weighted by molar-refractivity contribution is 7.98. The highest BCUT2D eigenvalue weighted by Crippen LogP contribution is 2.25. The third-order valence-electron chi connectivity index (χ3n) is 2.49. The van der Waals surface area contributed by atoms with Crippen LogP contribution in [0.25, 0.3) is 5.69 Å². The first-order valence-corrected chi connectivity index (χ1v) is 6.33. The van der Waals surface area contributed by atoms with E-state index in [1.165, 1.54) is 23.5 Å². The Kier molecular flexibility index (Phi) is 3.80. The summed E-state index contributed by atoms with van der Waals surface area (Å²) in [5.41, 5.74) is 0.886. The van der Waals surface area contributed by atoms with E-state index in [0.29, 0.717) is 11.3 Å². The molecule has 18 heavy (non-hydrogen) atoms. The lowest BCUT2D eigenvalue weighted by Gasteiger charge is -2.10. The quantitative estimate of drug-likeness (QED) is 0.499. The van der Waals surface area contributed by atoms with E-state index < -0.39 is 0 Å². The summed E-state index contributed by atoms with van der Waals surface area (Å²) in [4.78, 5) is 16.9. The van der Waals surface area contributed by atoms with Gasteiger partial charge in [-0.2, -0.15) is 9.36 Å². The summed E-state index contributed by atoms with van der Waals surface area (Å²) in [5, 5.41) is 16.1. The number of benzene rings is 1. The van der Waals surface area contributed by atoms with E-state index in [2.05, 4.69) is 15.3 Å². The smallest absolute Gasteiger partial charge is 0.251 e. The van der Waals surface area contributed by atoms with Gasteiger partial charge in [0.1, 0.15) is 6.61 Å². The predicted octanol–water partition coefficient (Wildman–Crippen LogP) is 0.677. The standard InChI is InChI=1S/C10H12N4O3S/c1-13-10(15)14(12-11-13)8-4-3-5-9(18-2)7(8)6-17-16/h3-5,16H,6H2,1-2H3. The zero-order valence-corrected chi connectivity index (χ0v) is 10.7. The topological polar surface area (TPSA) is 82.2 Å². The molecular formula is C10H12N4O3S. The van der Waals surface area contributed by atoms with Crippen molar-refractivity contribution in [3.8, 4) is 5.69 Å². The Bertz CT molecular complexity index is 607. The Morgan fingerprint density at radius 1 is 1.44 bits per heavy atom. The van der Waals surface area contributed by atoms with Crippen LogP contribution in [-0.2, 0) is 18.5 Å². The van der Waals surface area contributed by atoms with E-state index >= 15 is 0 Å². The fourth-order valence-electron chi connectivity index (χ4n) is 1.62. The molecule has 0 fully saturated rings. The van der Waals surface area contributed by atoms with Crippen molar-refractivity contribution in [2.75, 3.05) is 6.26 Å². The molecule has 1 aromatic heterocycles. The van der Waals surface area contributed by atoms with E-state index in [4.69, 9.17) is 5.26 Å². The van der Waals surface area contributed by atoms with Crippen LogP contribution in [0.15, 0.2) is 27.9 Å². The zero-order chi connectivity index (χ0) is 13.1. The monoisotopic (exact) mass is 268 g/mol. The Balaban J connectivity index is 2.63. The van der Waals surface area contributed by atoms with Crippen molar-refractivity contribution in [2.45, 2.75) is 11.5 Å². The number of hydrogen-bond donors (Lipinski definition) is 1. The van der Waals surface area contributed by atoms with Crippen LogP contribution < -0.4 is 5.69 Å². The molecule has 2 aromatic rings. The second-order valence-electron chi connectivity index (χ2n) is 3.53. The number of thioether (sulfide) groups is 1. The molecular weight excluding hydrogens is 256 g/mol. The first-order chi connectivity index (χ1) is 8.69. The van der Waals surface area contributed by atoms with Gasteiger partial charge >= 0.3 is 5.69 Å². The minimum absolute atomic E-state index is 0.0185. The van der Waals surface area contributed by atoms with E-state index in [9.17, 15) is 4.79 Å². The van der Waals surface area contributed by atoms with Crippen molar-refractivity contribution >= 4 is 11.8 Å². The Morgan fingerprint density at radius 2 is 2.22 bits per heavy atom. The molecule has 1 heterocycles. The molecule has 1 aromatic carbocycles. The number of nitrogens with zero attached hydrogens (tertiary/aromatic N) is 4. The van der Waals surface area contributed by atoms with E-state index in [1.54, 1.807) is 6.07 Å². The highest BCUT2D eigenvalue weighted by atomic mass is 32.2. The van der Waals surface area contributed by atoms with E-state index in [1.807, 2.05) is 18.4 Å². The first-order valence-electron chi connectivity index (χ1n) is 5.10. The summed E-state index contributed by atoms with van der Waals surface area (Å²) in [6.07, 6.45) is 1.90. The van der Waals surface area contributed by atoms with Crippen molar-refractivity contribution in [1.82, 2.24) is 19.8 Å². The van der Waals surface area contributed by atoms with Gasteiger partial charge in [0.05, 0.1) is 5.69 Å². The van der Waals surface area contributed by atoms with Crippen LogP contribution in [0.5, 0.6) is 0 Å². The van der Waals surface area contributed by atoms with Crippen molar-refractivity contribution in [3.05, 3.63) is 34.2 Å². The van der Waals surface area contributed by atoms with Gasteiger partial charge in [-0.3, -0.25) is 5.26 Å². The second kappa shape index (κ2) is 5.34. The van der Waals surface area contributed by atoms with Crippen LogP contribution in [0.3, 0.4) is 0 Å². The zero-order valence-electron chi connectivity index (χ0n) is 9.90. The summed E-state index contributed by atoms with van der Waals surface area (Å²) < 4.78 is 2.31. The molecule has 0 aliphatic heterocycles. The number of aromatic nitrogens is 4. The third-order valence-corrected chi connectivity index (χ3v) is 3.31. The van der Waals surface area contributed by atoms with Gasteiger partial charge in [0.25, 0.3) is 0 Å². The molecule has 0 amide bonds. The molecule has 0 aliphatic rings. The van der Waals surface area contributed by atoms with Crippen molar-refractivity contribution < 1.29 is 10.1 Å². The van der Waals surface area contributed by atoms with Crippen LogP contribution >= 0.6 is 11.8 Å². The van der Waals surface area contributed by atoms with Gasteiger partial charge in [0.15, 0.2) is 0 Å². The van der Waals surface area contributed by atoms with Crippen LogP contribution in [-0.4, -0.2) is 31.3 Å². The molecule has 1 N–H and O–H groups in total. The summed E-state index contributed by atoms with van der Waals surface area (Å²) in [6, 6.07) is 5.41. The second-order valence-corrected chi connectivity index (χ2v) is 4.38. The summed E-state index contributed by atoms with van der Waals surface area (Å²) in [7, 11) is 1.52. The van der Waals surface area contributed by atoms with Gasteiger partial charge < -0.3 is 0 Å². The van der Waals surface area contributed by atoms with Gasteiger partial charge in [-0.05, 0) is 28.8 Å². The summed E-state index contributed by atoms with van der Waals surface area (Å²) in [6.45, 7) is -0.0185. The van der Waals surface area contributed by atoms with Crippen molar-refractivity contribution in [1.29, 1.82) is 0 Å². The molecule has 0 atom stereocenters. The molecule has 0 radical (unpaired) electrons. The molecule has 8 heteroatoms. The molecule has 7 nitrogen and oxygen atoms in total. The minimum atomic E-state index is -0.354. The number of rotatable bonds is 4. The number of aryl methyl sites for hydroxylation is 1. The molecule has 0 unspecified atom stereocenters. The Morgan fingerprint density at radius 3 is 2.78 bits per heavy atom. The lowest BCUT2D eigenvalue weighted by atomic mass is 10.2. The molecule has 0 aliphatic carbocycles. The molecule has 96 valence electrons. The molecule has 2 rings (SSSR count). The average molecular weight is 268 g/mol. The minimum Gasteiger partial charge on any atom is -0.251 e. The van der Waals surface area contributed by atoms with Gasteiger partial charge in [-0.25, -0.2) is 9.68 Å². The largest absolute Gasteiger partial charge is 0.368 e. The Hall–Kier alpha value is -1.64. The SMILES string of the molecule is CSc1cccc(-n2nnn(C)c2=O)c1COO. The van der Waals surface area contributed by atoms with Crippen LogP contribution in [0, 0.1) is 0 Å². The molecule has 0 bridgehead atoms. The lowest BCUT2D eigenvalue weighted by Crippen LogP contribution is -2.23.